The van der Waals surface area contributed by atoms with Crippen LogP contribution < -0.4 is 9.80 Å². The molecule has 2 aliphatic heterocycles. The van der Waals surface area contributed by atoms with Crippen molar-refractivity contribution in [3.63, 3.8) is 0 Å². The standard InChI is InChI=1S/C44H43N5/c1-4-31-20-30(3)26-47(27-31)35-14-10-13-34(23-35)44-45-40(33-11-6-5-7-12-33)25-43(46-44)49-41-16-9-8-15-38(41)39-18-17-36(24-42(39)49)48-28-32-19-29(2)21-37(48)22-32/h5-18,23-25,27-30,37H,4,19-22,26H2,1-3H3. The van der Waals surface area contributed by atoms with Crippen molar-refractivity contribution >= 4 is 33.2 Å². The third kappa shape index (κ3) is 5.42. The van der Waals surface area contributed by atoms with Gasteiger partial charge in [0.15, 0.2) is 5.82 Å². The molecule has 49 heavy (non-hydrogen) atoms. The number of anilines is 2. The number of fused-ring (bicyclic) bond motifs is 5. The Hall–Kier alpha value is -5.16. The zero-order valence-corrected chi connectivity index (χ0v) is 28.7. The average Bonchev–Trinajstić information content (AvgIpc) is 3.64. The Kier molecular flexibility index (Phi) is 7.37. The van der Waals surface area contributed by atoms with E-state index in [2.05, 4.69) is 151 Å². The second kappa shape index (κ2) is 12.1. The van der Waals surface area contributed by atoms with Crippen molar-refractivity contribution in [3.05, 3.63) is 127 Å². The van der Waals surface area contributed by atoms with Crippen LogP contribution in [-0.4, -0.2) is 27.1 Å². The minimum atomic E-state index is 0.544. The smallest absolute Gasteiger partial charge is 0.162 e. The third-order valence-corrected chi connectivity index (χ3v) is 10.8. The third-order valence-electron chi connectivity index (χ3n) is 10.8. The topological polar surface area (TPSA) is 37.2 Å². The quantitative estimate of drug-likeness (QED) is 0.181. The van der Waals surface area contributed by atoms with Crippen LogP contribution in [-0.2, 0) is 0 Å². The summed E-state index contributed by atoms with van der Waals surface area (Å²) in [5.41, 5.74) is 10.9. The first-order valence-electron chi connectivity index (χ1n) is 18.0. The lowest BCUT2D eigenvalue weighted by Gasteiger charge is -2.31. The van der Waals surface area contributed by atoms with E-state index in [0.717, 1.165) is 52.9 Å². The monoisotopic (exact) mass is 641 g/mol. The van der Waals surface area contributed by atoms with E-state index >= 15 is 0 Å². The molecule has 244 valence electrons. The van der Waals surface area contributed by atoms with Crippen LogP contribution in [0.3, 0.4) is 0 Å². The molecule has 0 spiro atoms. The van der Waals surface area contributed by atoms with E-state index in [9.17, 15) is 0 Å². The molecule has 0 amide bonds. The number of para-hydroxylation sites is 1. The predicted molar refractivity (Wildman–Crippen MR) is 204 cm³/mol. The molecule has 1 aliphatic carbocycles. The molecule has 3 unspecified atom stereocenters. The van der Waals surface area contributed by atoms with Gasteiger partial charge in [0.25, 0.3) is 0 Å². The first-order chi connectivity index (χ1) is 24.0. The molecular weight excluding hydrogens is 599 g/mol. The fourth-order valence-corrected chi connectivity index (χ4v) is 8.58. The van der Waals surface area contributed by atoms with Crippen molar-refractivity contribution in [3.8, 4) is 28.5 Å². The summed E-state index contributed by atoms with van der Waals surface area (Å²) >= 11 is 0. The van der Waals surface area contributed by atoms with Gasteiger partial charge < -0.3 is 9.80 Å². The summed E-state index contributed by atoms with van der Waals surface area (Å²) in [6.45, 7) is 8.01. The molecule has 2 bridgehead atoms. The molecule has 0 radical (unpaired) electrons. The Balaban J connectivity index is 1.22. The Labute approximate surface area is 289 Å². The van der Waals surface area contributed by atoms with Gasteiger partial charge in [0, 0.05) is 64.3 Å². The van der Waals surface area contributed by atoms with Gasteiger partial charge in [-0.3, -0.25) is 4.57 Å². The van der Waals surface area contributed by atoms with Gasteiger partial charge in [0.2, 0.25) is 0 Å². The highest BCUT2D eigenvalue weighted by molar-refractivity contribution is 6.10. The van der Waals surface area contributed by atoms with Gasteiger partial charge in [0.1, 0.15) is 5.82 Å². The van der Waals surface area contributed by atoms with Crippen molar-refractivity contribution in [2.75, 3.05) is 16.3 Å². The minimum absolute atomic E-state index is 0.544. The molecule has 1 fully saturated rings. The lowest BCUT2D eigenvalue weighted by molar-refractivity contribution is 0.423. The average molecular weight is 642 g/mol. The molecular formula is C44H43N5. The van der Waals surface area contributed by atoms with Crippen molar-refractivity contribution in [1.29, 1.82) is 0 Å². The van der Waals surface area contributed by atoms with Gasteiger partial charge in [-0.05, 0) is 74.3 Å². The number of hydrogen-bond acceptors (Lipinski definition) is 4. The van der Waals surface area contributed by atoms with E-state index in [1.807, 2.05) is 0 Å². The SMILES string of the molecule is CCC1=CN(c2cccc(-c3nc(-c4ccccc4)cc(-n4c5ccccc5c5ccc(N6C=C7CC(C)CC6C7)cc54)n3)c2)CC(C)C1. The molecule has 0 N–H and O–H groups in total. The summed E-state index contributed by atoms with van der Waals surface area (Å²) in [4.78, 5) is 15.6. The molecule has 5 nitrogen and oxygen atoms in total. The van der Waals surface area contributed by atoms with E-state index in [1.165, 1.54) is 58.9 Å². The predicted octanol–water partition coefficient (Wildman–Crippen LogP) is 10.9. The zero-order chi connectivity index (χ0) is 33.1. The summed E-state index contributed by atoms with van der Waals surface area (Å²) in [7, 11) is 0. The number of rotatable bonds is 6. The Bertz CT molecular complexity index is 2260. The first-order valence-corrected chi connectivity index (χ1v) is 18.0. The lowest BCUT2D eigenvalue weighted by Crippen LogP contribution is -2.29. The maximum Gasteiger partial charge on any atom is 0.162 e. The maximum absolute atomic E-state index is 5.39. The van der Waals surface area contributed by atoms with E-state index in [4.69, 9.17) is 9.97 Å². The van der Waals surface area contributed by atoms with Crippen LogP contribution in [0.25, 0.3) is 50.3 Å². The number of aromatic nitrogens is 3. The highest BCUT2D eigenvalue weighted by Gasteiger charge is 2.32. The Morgan fingerprint density at radius 2 is 1.49 bits per heavy atom. The largest absolute Gasteiger partial charge is 0.348 e. The molecule has 4 aromatic carbocycles. The molecule has 1 saturated carbocycles. The van der Waals surface area contributed by atoms with Crippen molar-refractivity contribution in [2.45, 2.75) is 58.9 Å². The second-order valence-corrected chi connectivity index (χ2v) is 14.6. The van der Waals surface area contributed by atoms with Crippen molar-refractivity contribution < 1.29 is 0 Å². The number of benzene rings is 4. The van der Waals surface area contributed by atoms with Gasteiger partial charge in [-0.1, -0.05) is 98.6 Å². The molecule has 0 saturated heterocycles. The van der Waals surface area contributed by atoms with Gasteiger partial charge in [0.05, 0.1) is 16.7 Å². The van der Waals surface area contributed by atoms with E-state index in [1.54, 1.807) is 5.57 Å². The molecule has 2 aromatic heterocycles. The number of allylic oxidation sites excluding steroid dienone is 1. The van der Waals surface area contributed by atoms with Gasteiger partial charge in [-0.15, -0.1) is 0 Å². The Morgan fingerprint density at radius 3 is 2.37 bits per heavy atom. The summed E-state index contributed by atoms with van der Waals surface area (Å²) < 4.78 is 2.36. The van der Waals surface area contributed by atoms with Crippen LogP contribution in [0.4, 0.5) is 11.4 Å². The highest BCUT2D eigenvalue weighted by atomic mass is 15.2. The molecule has 9 rings (SSSR count). The summed E-state index contributed by atoms with van der Waals surface area (Å²) in [5.74, 6) is 2.97. The van der Waals surface area contributed by atoms with Crippen LogP contribution in [0.5, 0.6) is 0 Å². The lowest BCUT2D eigenvalue weighted by atomic mass is 9.86. The van der Waals surface area contributed by atoms with Crippen LogP contribution in [0.1, 0.15) is 52.9 Å². The molecule has 3 atom stereocenters. The molecule has 5 heteroatoms. The van der Waals surface area contributed by atoms with Gasteiger partial charge in [-0.25, -0.2) is 9.97 Å². The summed E-state index contributed by atoms with van der Waals surface area (Å²) in [6, 6.07) is 37.7. The van der Waals surface area contributed by atoms with E-state index < -0.39 is 0 Å². The van der Waals surface area contributed by atoms with E-state index in [-0.39, 0.29) is 0 Å². The highest BCUT2D eigenvalue weighted by Crippen LogP contribution is 2.42. The summed E-state index contributed by atoms with van der Waals surface area (Å²) in [5, 5.41) is 2.47. The van der Waals surface area contributed by atoms with Crippen LogP contribution in [0.2, 0.25) is 0 Å². The van der Waals surface area contributed by atoms with Crippen molar-refractivity contribution in [1.82, 2.24) is 14.5 Å². The summed E-state index contributed by atoms with van der Waals surface area (Å²) in [6.07, 6.45) is 10.7. The van der Waals surface area contributed by atoms with E-state index in [0.29, 0.717) is 12.0 Å². The van der Waals surface area contributed by atoms with Gasteiger partial charge >= 0.3 is 0 Å². The van der Waals surface area contributed by atoms with Crippen molar-refractivity contribution in [2.24, 2.45) is 11.8 Å². The van der Waals surface area contributed by atoms with Crippen LogP contribution in [0, 0.1) is 11.8 Å². The fraction of sp³-hybridized carbons (Fsp3) is 0.273. The van der Waals surface area contributed by atoms with Crippen LogP contribution in [0.15, 0.2) is 127 Å². The fourth-order valence-electron chi connectivity index (χ4n) is 8.58. The molecule has 6 aromatic rings. The maximum atomic E-state index is 5.39. The Morgan fingerprint density at radius 1 is 0.673 bits per heavy atom. The van der Waals surface area contributed by atoms with Crippen LogP contribution >= 0.6 is 0 Å². The first kappa shape index (κ1) is 29.9. The number of hydrogen-bond donors (Lipinski definition) is 0. The van der Waals surface area contributed by atoms with Gasteiger partial charge in [-0.2, -0.15) is 0 Å². The second-order valence-electron chi connectivity index (χ2n) is 14.6. The normalized spacial score (nSPS) is 20.6. The molecule has 3 aliphatic rings. The zero-order valence-electron chi connectivity index (χ0n) is 28.7. The number of nitrogens with zero attached hydrogens (tertiary/aromatic N) is 5. The minimum Gasteiger partial charge on any atom is -0.348 e. The molecule has 4 heterocycles.